The van der Waals surface area contributed by atoms with Gasteiger partial charge in [-0.3, -0.25) is 19.5 Å². The first-order valence-electron chi connectivity index (χ1n) is 4.62. The van der Waals surface area contributed by atoms with Crippen molar-refractivity contribution >= 4 is 29.2 Å². The molecule has 6 nitrogen and oxygen atoms in total. The maximum atomic E-state index is 11.6. The summed E-state index contributed by atoms with van der Waals surface area (Å²) in [6.45, 7) is 0. The largest absolute Gasteiger partial charge is 0.357 e. The number of rotatable bonds is 2. The van der Waals surface area contributed by atoms with E-state index in [1.807, 2.05) is 0 Å². The Morgan fingerprint density at radius 2 is 2.25 bits per heavy atom. The van der Waals surface area contributed by atoms with Gasteiger partial charge < -0.3 is 5.32 Å². The molecule has 0 spiro atoms. The molecule has 2 heterocycles. The Morgan fingerprint density at radius 1 is 1.50 bits per heavy atom. The number of halogens is 1. The summed E-state index contributed by atoms with van der Waals surface area (Å²) in [4.78, 5) is 31.7. The normalized spacial score (nSPS) is 20.4. The average molecular weight is 241 g/mol. The van der Waals surface area contributed by atoms with Gasteiger partial charge in [0.25, 0.3) is 5.91 Å². The van der Waals surface area contributed by atoms with Crippen molar-refractivity contribution in [2.75, 3.05) is 12.4 Å². The zero-order valence-electron chi connectivity index (χ0n) is 8.48. The third-order valence-corrected chi connectivity index (χ3v) is 2.49. The van der Waals surface area contributed by atoms with Crippen molar-refractivity contribution in [3.63, 3.8) is 0 Å². The lowest BCUT2D eigenvalue weighted by Gasteiger charge is -2.10. The highest BCUT2D eigenvalue weighted by Crippen LogP contribution is 2.16. The standard InChI is InChI=1S/C9H9ClN4O2/c1-14-8(15)2-5(9(14)16)12-7-4-11-3-6(10)13-7/h3-5H,2H2,1H3,(H,12,13). The highest BCUT2D eigenvalue weighted by Gasteiger charge is 2.36. The zero-order chi connectivity index (χ0) is 11.7. The molecule has 0 radical (unpaired) electrons. The van der Waals surface area contributed by atoms with Gasteiger partial charge in [0.05, 0.1) is 18.8 Å². The molecule has 1 aliphatic rings. The quantitative estimate of drug-likeness (QED) is 0.753. The number of carbonyl (C=O) groups is 2. The number of hydrogen-bond donors (Lipinski definition) is 1. The fourth-order valence-electron chi connectivity index (χ4n) is 1.46. The molecule has 2 rings (SSSR count). The number of hydrogen-bond acceptors (Lipinski definition) is 5. The second-order valence-electron chi connectivity index (χ2n) is 3.42. The van der Waals surface area contributed by atoms with Crippen LogP contribution in [0.3, 0.4) is 0 Å². The molecule has 1 aliphatic heterocycles. The average Bonchev–Trinajstić information content (AvgIpc) is 2.47. The molecule has 1 aromatic heterocycles. The molecule has 7 heteroatoms. The molecular formula is C9H9ClN4O2. The predicted octanol–water partition coefficient (Wildman–Crippen LogP) is 0.299. The Labute approximate surface area is 96.6 Å². The van der Waals surface area contributed by atoms with E-state index in [1.54, 1.807) is 0 Å². The molecule has 1 unspecified atom stereocenters. The van der Waals surface area contributed by atoms with Crippen molar-refractivity contribution in [2.24, 2.45) is 0 Å². The van der Waals surface area contributed by atoms with Crippen LogP contribution >= 0.6 is 11.6 Å². The molecule has 16 heavy (non-hydrogen) atoms. The van der Waals surface area contributed by atoms with Gasteiger partial charge in [-0.05, 0) is 0 Å². The van der Waals surface area contributed by atoms with E-state index in [1.165, 1.54) is 19.4 Å². The van der Waals surface area contributed by atoms with Crippen LogP contribution in [-0.2, 0) is 9.59 Å². The van der Waals surface area contributed by atoms with Gasteiger partial charge in [0.2, 0.25) is 5.91 Å². The molecule has 1 fully saturated rings. The Morgan fingerprint density at radius 3 is 2.81 bits per heavy atom. The summed E-state index contributed by atoms with van der Waals surface area (Å²) in [6, 6.07) is -0.578. The van der Waals surface area contributed by atoms with Crippen molar-refractivity contribution in [3.8, 4) is 0 Å². The van der Waals surface area contributed by atoms with E-state index in [-0.39, 0.29) is 23.4 Å². The van der Waals surface area contributed by atoms with Gasteiger partial charge in [-0.15, -0.1) is 0 Å². The fourth-order valence-corrected chi connectivity index (χ4v) is 1.61. The maximum absolute atomic E-state index is 11.6. The summed E-state index contributed by atoms with van der Waals surface area (Å²) in [5.41, 5.74) is 0. The molecule has 1 aromatic rings. The number of nitrogens with zero attached hydrogens (tertiary/aromatic N) is 3. The number of anilines is 1. The second-order valence-corrected chi connectivity index (χ2v) is 3.81. The molecule has 0 aromatic carbocycles. The first kappa shape index (κ1) is 10.8. The first-order valence-corrected chi connectivity index (χ1v) is 5.00. The summed E-state index contributed by atoms with van der Waals surface area (Å²) in [6.07, 6.45) is 2.96. The third kappa shape index (κ3) is 1.96. The monoisotopic (exact) mass is 240 g/mol. The topological polar surface area (TPSA) is 75.2 Å². The minimum absolute atomic E-state index is 0.128. The predicted molar refractivity (Wildman–Crippen MR) is 56.8 cm³/mol. The van der Waals surface area contributed by atoms with Crippen molar-refractivity contribution in [1.29, 1.82) is 0 Å². The van der Waals surface area contributed by atoms with E-state index in [2.05, 4.69) is 15.3 Å². The van der Waals surface area contributed by atoms with Crippen LogP contribution in [0.2, 0.25) is 5.15 Å². The Kier molecular flexibility index (Phi) is 2.74. The van der Waals surface area contributed by atoms with E-state index in [9.17, 15) is 9.59 Å². The van der Waals surface area contributed by atoms with E-state index < -0.39 is 6.04 Å². The number of nitrogens with one attached hydrogen (secondary N) is 1. The molecular weight excluding hydrogens is 232 g/mol. The van der Waals surface area contributed by atoms with Gasteiger partial charge in [0.1, 0.15) is 17.0 Å². The highest BCUT2D eigenvalue weighted by atomic mass is 35.5. The van der Waals surface area contributed by atoms with Gasteiger partial charge in [0, 0.05) is 7.05 Å². The van der Waals surface area contributed by atoms with E-state index in [0.717, 1.165) is 4.90 Å². The summed E-state index contributed by atoms with van der Waals surface area (Å²) in [7, 11) is 1.45. The molecule has 1 atom stereocenters. The minimum Gasteiger partial charge on any atom is -0.357 e. The SMILES string of the molecule is CN1C(=O)CC(Nc2cncc(Cl)n2)C1=O. The van der Waals surface area contributed by atoms with Crippen LogP contribution in [-0.4, -0.2) is 39.8 Å². The molecule has 0 saturated carbocycles. The smallest absolute Gasteiger partial charge is 0.251 e. The van der Waals surface area contributed by atoms with E-state index in [4.69, 9.17) is 11.6 Å². The number of imide groups is 1. The van der Waals surface area contributed by atoms with Gasteiger partial charge in [-0.1, -0.05) is 11.6 Å². The van der Waals surface area contributed by atoms with Gasteiger partial charge in [-0.2, -0.15) is 0 Å². The minimum atomic E-state index is -0.578. The number of amides is 2. The van der Waals surface area contributed by atoms with Crippen molar-refractivity contribution in [2.45, 2.75) is 12.5 Å². The molecule has 0 bridgehead atoms. The summed E-state index contributed by atoms with van der Waals surface area (Å²) in [5, 5.41) is 3.05. The summed E-state index contributed by atoms with van der Waals surface area (Å²) < 4.78 is 0. The number of likely N-dealkylation sites (N-methyl/N-ethyl adjacent to an activating group) is 1. The van der Waals surface area contributed by atoms with Crippen molar-refractivity contribution < 1.29 is 9.59 Å². The van der Waals surface area contributed by atoms with Gasteiger partial charge in [0.15, 0.2) is 0 Å². The van der Waals surface area contributed by atoms with Crippen molar-refractivity contribution in [3.05, 3.63) is 17.5 Å². The van der Waals surface area contributed by atoms with E-state index >= 15 is 0 Å². The molecule has 0 aliphatic carbocycles. The maximum Gasteiger partial charge on any atom is 0.251 e. The number of likely N-dealkylation sites (tertiary alicyclic amines) is 1. The molecule has 84 valence electrons. The second kappa shape index (κ2) is 4.05. The van der Waals surface area contributed by atoms with Crippen LogP contribution in [0.4, 0.5) is 5.82 Å². The fraction of sp³-hybridized carbons (Fsp3) is 0.333. The Bertz CT molecular complexity index is 451. The van der Waals surface area contributed by atoms with Crippen LogP contribution in [0.25, 0.3) is 0 Å². The molecule has 1 saturated heterocycles. The highest BCUT2D eigenvalue weighted by molar-refractivity contribution is 6.29. The summed E-state index contributed by atoms with van der Waals surface area (Å²) >= 11 is 5.65. The van der Waals surface area contributed by atoms with Crippen LogP contribution in [0.5, 0.6) is 0 Å². The lowest BCUT2D eigenvalue weighted by Crippen LogP contribution is -2.32. The lowest BCUT2D eigenvalue weighted by molar-refractivity contribution is -0.136. The van der Waals surface area contributed by atoms with Gasteiger partial charge in [-0.25, -0.2) is 4.98 Å². The first-order chi connectivity index (χ1) is 7.58. The van der Waals surface area contributed by atoms with Crippen LogP contribution in [0.1, 0.15) is 6.42 Å². The Hall–Kier alpha value is -1.69. The summed E-state index contributed by atoms with van der Waals surface area (Å²) in [5.74, 6) is -0.0989. The number of carbonyl (C=O) groups excluding carboxylic acids is 2. The third-order valence-electron chi connectivity index (χ3n) is 2.31. The molecule has 2 amide bonds. The molecule has 1 N–H and O–H groups in total. The van der Waals surface area contributed by atoms with Crippen LogP contribution < -0.4 is 5.32 Å². The van der Waals surface area contributed by atoms with Gasteiger partial charge >= 0.3 is 0 Å². The Balaban J connectivity index is 2.12. The van der Waals surface area contributed by atoms with E-state index in [0.29, 0.717) is 5.82 Å². The zero-order valence-corrected chi connectivity index (χ0v) is 9.23. The number of aromatic nitrogens is 2. The lowest BCUT2D eigenvalue weighted by atomic mass is 10.2. The van der Waals surface area contributed by atoms with Crippen LogP contribution in [0.15, 0.2) is 12.4 Å². The van der Waals surface area contributed by atoms with Crippen molar-refractivity contribution in [1.82, 2.24) is 14.9 Å². The van der Waals surface area contributed by atoms with Crippen LogP contribution in [0, 0.1) is 0 Å².